The van der Waals surface area contributed by atoms with Gasteiger partial charge in [0.05, 0.1) is 5.56 Å². The summed E-state index contributed by atoms with van der Waals surface area (Å²) >= 11 is 0. The molecule has 0 aliphatic heterocycles. The van der Waals surface area contributed by atoms with Crippen LogP contribution in [0.2, 0.25) is 0 Å². The molecule has 4 heteroatoms. The maximum atomic E-state index is 11.2. The molecule has 3 aromatic rings. The molecular formula is C16H11NO3. The van der Waals surface area contributed by atoms with Gasteiger partial charge in [-0.05, 0) is 47.2 Å². The summed E-state index contributed by atoms with van der Waals surface area (Å²) in [6.45, 7) is 0. The molecule has 0 spiro atoms. The lowest BCUT2D eigenvalue weighted by Crippen LogP contribution is -1.97. The first-order valence-corrected chi connectivity index (χ1v) is 6.08. The van der Waals surface area contributed by atoms with E-state index in [1.54, 1.807) is 48.8 Å². The van der Waals surface area contributed by atoms with Gasteiger partial charge in [0.25, 0.3) is 0 Å². The van der Waals surface area contributed by atoms with Gasteiger partial charge in [-0.3, -0.25) is 4.98 Å². The molecule has 0 unspecified atom stereocenters. The standard InChI is InChI=1S/C16H11NO3/c18-16(19)15-3-1-2-11-10-13(4-5-14(11)15)20-12-6-8-17-9-7-12/h1-10H,(H,18,19). The van der Waals surface area contributed by atoms with Crippen LogP contribution in [0.1, 0.15) is 10.4 Å². The second-order valence-corrected chi connectivity index (χ2v) is 4.28. The number of pyridine rings is 1. The van der Waals surface area contributed by atoms with Crippen molar-refractivity contribution in [3.8, 4) is 11.5 Å². The summed E-state index contributed by atoms with van der Waals surface area (Å²) in [6.07, 6.45) is 3.30. The highest BCUT2D eigenvalue weighted by molar-refractivity contribution is 6.03. The van der Waals surface area contributed by atoms with Crippen molar-refractivity contribution in [2.75, 3.05) is 0 Å². The van der Waals surface area contributed by atoms with Gasteiger partial charge in [-0.25, -0.2) is 4.79 Å². The number of aromatic carboxylic acids is 1. The van der Waals surface area contributed by atoms with Crippen LogP contribution in [0.5, 0.6) is 11.5 Å². The van der Waals surface area contributed by atoms with E-state index in [9.17, 15) is 4.79 Å². The van der Waals surface area contributed by atoms with Crippen molar-refractivity contribution in [2.24, 2.45) is 0 Å². The summed E-state index contributed by atoms with van der Waals surface area (Å²) in [5.74, 6) is 0.415. The molecule has 0 bridgehead atoms. The van der Waals surface area contributed by atoms with E-state index in [1.165, 1.54) is 0 Å². The molecule has 0 aliphatic rings. The molecule has 0 atom stereocenters. The number of nitrogens with zero attached hydrogens (tertiary/aromatic N) is 1. The number of ether oxygens (including phenoxy) is 1. The van der Waals surface area contributed by atoms with Crippen LogP contribution in [-0.2, 0) is 0 Å². The SMILES string of the molecule is O=C(O)c1cccc2cc(Oc3ccncc3)ccc12. The minimum atomic E-state index is -0.932. The minimum Gasteiger partial charge on any atom is -0.478 e. The summed E-state index contributed by atoms with van der Waals surface area (Å²) in [7, 11) is 0. The van der Waals surface area contributed by atoms with Crippen LogP contribution in [0.15, 0.2) is 60.9 Å². The fourth-order valence-electron chi connectivity index (χ4n) is 2.05. The van der Waals surface area contributed by atoms with Crippen LogP contribution in [0.25, 0.3) is 10.8 Å². The number of carbonyl (C=O) groups is 1. The van der Waals surface area contributed by atoms with E-state index < -0.39 is 5.97 Å². The molecule has 0 saturated heterocycles. The van der Waals surface area contributed by atoms with Crippen LogP contribution in [0, 0.1) is 0 Å². The second-order valence-electron chi connectivity index (χ2n) is 4.28. The molecule has 1 N–H and O–H groups in total. The molecule has 0 radical (unpaired) electrons. The van der Waals surface area contributed by atoms with E-state index in [-0.39, 0.29) is 5.56 Å². The molecule has 0 amide bonds. The van der Waals surface area contributed by atoms with Gasteiger partial charge in [0.1, 0.15) is 11.5 Å². The summed E-state index contributed by atoms with van der Waals surface area (Å²) in [4.78, 5) is 15.1. The monoisotopic (exact) mass is 265 g/mol. The van der Waals surface area contributed by atoms with E-state index >= 15 is 0 Å². The first-order chi connectivity index (χ1) is 9.74. The highest BCUT2D eigenvalue weighted by Gasteiger charge is 2.08. The smallest absolute Gasteiger partial charge is 0.336 e. The van der Waals surface area contributed by atoms with Crippen molar-refractivity contribution >= 4 is 16.7 Å². The average molecular weight is 265 g/mol. The predicted octanol–water partition coefficient (Wildman–Crippen LogP) is 3.73. The molecule has 0 saturated carbocycles. The average Bonchev–Trinajstić information content (AvgIpc) is 2.47. The third kappa shape index (κ3) is 2.31. The van der Waals surface area contributed by atoms with Gasteiger partial charge in [-0.2, -0.15) is 0 Å². The zero-order chi connectivity index (χ0) is 13.9. The Morgan fingerprint density at radius 1 is 1.00 bits per heavy atom. The normalized spacial score (nSPS) is 10.4. The Kier molecular flexibility index (Phi) is 3.05. The largest absolute Gasteiger partial charge is 0.478 e. The number of rotatable bonds is 3. The number of carboxylic acid groups (broad SMARTS) is 1. The zero-order valence-corrected chi connectivity index (χ0v) is 10.5. The van der Waals surface area contributed by atoms with Crippen molar-refractivity contribution in [3.05, 3.63) is 66.5 Å². The van der Waals surface area contributed by atoms with E-state index in [1.807, 2.05) is 12.1 Å². The van der Waals surface area contributed by atoms with Crippen molar-refractivity contribution in [2.45, 2.75) is 0 Å². The minimum absolute atomic E-state index is 0.290. The topological polar surface area (TPSA) is 59.4 Å². The Morgan fingerprint density at radius 3 is 2.55 bits per heavy atom. The molecule has 1 heterocycles. The highest BCUT2D eigenvalue weighted by Crippen LogP contribution is 2.27. The first kappa shape index (κ1) is 12.2. The van der Waals surface area contributed by atoms with Crippen molar-refractivity contribution in [1.29, 1.82) is 0 Å². The van der Waals surface area contributed by atoms with Crippen molar-refractivity contribution < 1.29 is 14.6 Å². The predicted molar refractivity (Wildman–Crippen MR) is 75.2 cm³/mol. The third-order valence-corrected chi connectivity index (χ3v) is 2.97. The molecular weight excluding hydrogens is 254 g/mol. The number of benzene rings is 2. The molecule has 0 fully saturated rings. The van der Waals surface area contributed by atoms with E-state index in [0.29, 0.717) is 16.9 Å². The van der Waals surface area contributed by atoms with Crippen LogP contribution in [0.4, 0.5) is 0 Å². The third-order valence-electron chi connectivity index (χ3n) is 2.97. The van der Waals surface area contributed by atoms with Crippen molar-refractivity contribution in [1.82, 2.24) is 4.98 Å². The Morgan fingerprint density at radius 2 is 1.80 bits per heavy atom. The number of carboxylic acids is 1. The number of hydrogen-bond acceptors (Lipinski definition) is 3. The lowest BCUT2D eigenvalue weighted by molar-refractivity contribution is 0.0699. The zero-order valence-electron chi connectivity index (χ0n) is 10.5. The van der Waals surface area contributed by atoms with Gasteiger partial charge >= 0.3 is 5.97 Å². The lowest BCUT2D eigenvalue weighted by atomic mass is 10.0. The van der Waals surface area contributed by atoms with Gasteiger partial charge in [-0.1, -0.05) is 12.1 Å². The Balaban J connectivity index is 2.01. The van der Waals surface area contributed by atoms with Gasteiger partial charge in [0, 0.05) is 12.4 Å². The maximum Gasteiger partial charge on any atom is 0.336 e. The molecule has 1 aromatic heterocycles. The number of aromatic nitrogens is 1. The summed E-state index contributed by atoms with van der Waals surface area (Å²) in [6, 6.07) is 14.0. The van der Waals surface area contributed by atoms with E-state index in [4.69, 9.17) is 9.84 Å². The molecule has 2 aromatic carbocycles. The fourth-order valence-corrected chi connectivity index (χ4v) is 2.05. The maximum absolute atomic E-state index is 11.2. The number of fused-ring (bicyclic) bond motifs is 1. The quantitative estimate of drug-likeness (QED) is 0.784. The molecule has 0 aliphatic carbocycles. The summed E-state index contributed by atoms with van der Waals surface area (Å²) in [5, 5.41) is 10.7. The van der Waals surface area contributed by atoms with Crippen molar-refractivity contribution in [3.63, 3.8) is 0 Å². The Bertz CT molecular complexity index is 769. The van der Waals surface area contributed by atoms with Gasteiger partial charge in [0.15, 0.2) is 0 Å². The number of hydrogen-bond donors (Lipinski definition) is 1. The molecule has 4 nitrogen and oxygen atoms in total. The molecule has 20 heavy (non-hydrogen) atoms. The van der Waals surface area contributed by atoms with E-state index in [2.05, 4.69) is 4.98 Å². The molecule has 3 rings (SSSR count). The Labute approximate surface area is 115 Å². The van der Waals surface area contributed by atoms with Crippen LogP contribution < -0.4 is 4.74 Å². The van der Waals surface area contributed by atoms with Crippen LogP contribution in [-0.4, -0.2) is 16.1 Å². The highest BCUT2D eigenvalue weighted by atomic mass is 16.5. The van der Waals surface area contributed by atoms with Crippen LogP contribution in [0.3, 0.4) is 0 Å². The second kappa shape index (κ2) is 5.01. The first-order valence-electron chi connectivity index (χ1n) is 6.08. The van der Waals surface area contributed by atoms with Gasteiger partial charge in [-0.15, -0.1) is 0 Å². The van der Waals surface area contributed by atoms with Gasteiger partial charge in [0.2, 0.25) is 0 Å². The van der Waals surface area contributed by atoms with Gasteiger partial charge < -0.3 is 9.84 Å². The Hall–Kier alpha value is -2.88. The lowest BCUT2D eigenvalue weighted by Gasteiger charge is -2.07. The molecule has 98 valence electrons. The van der Waals surface area contributed by atoms with E-state index in [0.717, 1.165) is 5.39 Å². The van der Waals surface area contributed by atoms with Crippen LogP contribution >= 0.6 is 0 Å². The summed E-state index contributed by atoms with van der Waals surface area (Å²) < 4.78 is 5.70. The fraction of sp³-hybridized carbons (Fsp3) is 0. The summed E-state index contributed by atoms with van der Waals surface area (Å²) in [5.41, 5.74) is 0.290.